The number of nitrogens with zero attached hydrogens (tertiary/aromatic N) is 2. The largest absolute Gasteiger partial charge is 0.490 e. The summed E-state index contributed by atoms with van der Waals surface area (Å²) in [5, 5.41) is 19.6. The zero-order valence-corrected chi connectivity index (χ0v) is 18.6. The number of carbonyl (C=O) groups is 1. The lowest BCUT2D eigenvalue weighted by Crippen LogP contribution is -2.24. The summed E-state index contributed by atoms with van der Waals surface area (Å²) in [6, 6.07) is 0. The van der Waals surface area contributed by atoms with E-state index in [-0.39, 0.29) is 19.6 Å². The number of aliphatic carboxylic acids is 1. The van der Waals surface area contributed by atoms with Crippen LogP contribution in [0.15, 0.2) is 36.1 Å². The molecule has 3 N–H and O–H groups in total. The SMILES string of the molecule is C=C(/C=C\C(=C/C)OCCOc1nc(CC)nc(C=N)c1NC)CC(OCC)C(=O)O. The summed E-state index contributed by atoms with van der Waals surface area (Å²) in [5.74, 6) is 0.548. The van der Waals surface area contributed by atoms with Crippen molar-refractivity contribution in [3.05, 3.63) is 47.7 Å². The van der Waals surface area contributed by atoms with Gasteiger partial charge >= 0.3 is 5.97 Å². The fourth-order valence-corrected chi connectivity index (χ4v) is 2.56. The molecule has 1 heterocycles. The van der Waals surface area contributed by atoms with Gasteiger partial charge < -0.3 is 30.0 Å². The normalized spacial score (nSPS) is 12.5. The van der Waals surface area contributed by atoms with Crippen molar-refractivity contribution in [3.8, 4) is 5.88 Å². The minimum atomic E-state index is -1.01. The Morgan fingerprint density at radius 3 is 2.58 bits per heavy atom. The predicted molar refractivity (Wildman–Crippen MR) is 120 cm³/mol. The second-order valence-corrected chi connectivity index (χ2v) is 6.32. The Hall–Kier alpha value is -3.20. The van der Waals surface area contributed by atoms with Crippen LogP contribution in [0.4, 0.5) is 5.69 Å². The van der Waals surface area contributed by atoms with Crippen molar-refractivity contribution in [2.75, 3.05) is 32.2 Å². The quantitative estimate of drug-likeness (QED) is 0.167. The first kappa shape index (κ1) is 25.8. The number of allylic oxidation sites excluding steroid dienone is 3. The molecule has 0 amide bonds. The smallest absolute Gasteiger partial charge is 0.333 e. The summed E-state index contributed by atoms with van der Waals surface area (Å²) in [7, 11) is 1.72. The molecule has 0 aliphatic carbocycles. The van der Waals surface area contributed by atoms with Crippen LogP contribution in [0.1, 0.15) is 38.7 Å². The highest BCUT2D eigenvalue weighted by molar-refractivity contribution is 5.85. The van der Waals surface area contributed by atoms with Crippen LogP contribution in [-0.2, 0) is 20.7 Å². The lowest BCUT2D eigenvalue weighted by atomic mass is 10.1. The molecular weight excluding hydrogens is 400 g/mol. The van der Waals surface area contributed by atoms with Gasteiger partial charge in [-0.3, -0.25) is 0 Å². The number of rotatable bonds is 15. The van der Waals surface area contributed by atoms with E-state index in [0.29, 0.717) is 47.4 Å². The molecule has 0 radical (unpaired) electrons. The lowest BCUT2D eigenvalue weighted by Gasteiger charge is -2.14. The first-order valence-corrected chi connectivity index (χ1v) is 10.1. The Bertz CT molecular complexity index is 820. The highest BCUT2D eigenvalue weighted by atomic mass is 16.5. The molecule has 1 rings (SSSR count). The minimum Gasteiger partial charge on any atom is -0.490 e. The van der Waals surface area contributed by atoms with Crippen LogP contribution in [0, 0.1) is 5.41 Å². The first-order valence-electron chi connectivity index (χ1n) is 10.1. The van der Waals surface area contributed by atoms with Gasteiger partial charge in [0.25, 0.3) is 0 Å². The van der Waals surface area contributed by atoms with E-state index < -0.39 is 12.1 Å². The Kier molecular flexibility index (Phi) is 11.6. The molecule has 0 aromatic carbocycles. The van der Waals surface area contributed by atoms with Crippen LogP contribution in [-0.4, -0.2) is 60.2 Å². The lowest BCUT2D eigenvalue weighted by molar-refractivity contribution is -0.149. The summed E-state index contributed by atoms with van der Waals surface area (Å²) in [5.41, 5.74) is 1.63. The monoisotopic (exact) mass is 432 g/mol. The van der Waals surface area contributed by atoms with Crippen molar-refractivity contribution in [2.45, 2.75) is 39.7 Å². The number of aryl methyl sites for hydroxylation is 1. The fraction of sp³-hybridized carbons (Fsp3) is 0.455. The average Bonchev–Trinajstić information content (AvgIpc) is 2.77. The van der Waals surface area contributed by atoms with Crippen LogP contribution in [0.25, 0.3) is 0 Å². The van der Waals surface area contributed by atoms with Gasteiger partial charge in [-0.25, -0.2) is 9.78 Å². The Morgan fingerprint density at radius 1 is 1.29 bits per heavy atom. The molecule has 0 saturated carbocycles. The maximum absolute atomic E-state index is 11.2. The van der Waals surface area contributed by atoms with Crippen molar-refractivity contribution in [3.63, 3.8) is 0 Å². The van der Waals surface area contributed by atoms with Crippen molar-refractivity contribution in [1.29, 1.82) is 5.41 Å². The number of carboxylic acids is 1. The van der Waals surface area contributed by atoms with Gasteiger partial charge in [-0.15, -0.1) is 0 Å². The van der Waals surface area contributed by atoms with Crippen molar-refractivity contribution in [1.82, 2.24) is 9.97 Å². The molecule has 1 atom stereocenters. The molecular formula is C22H32N4O5. The molecule has 0 spiro atoms. The number of aromatic nitrogens is 2. The zero-order valence-electron chi connectivity index (χ0n) is 18.6. The Balaban J connectivity index is 2.63. The number of hydrogen-bond donors (Lipinski definition) is 3. The van der Waals surface area contributed by atoms with E-state index in [9.17, 15) is 4.79 Å². The molecule has 1 unspecified atom stereocenters. The van der Waals surface area contributed by atoms with E-state index in [1.807, 2.05) is 13.8 Å². The van der Waals surface area contributed by atoms with Crippen LogP contribution in [0.5, 0.6) is 5.88 Å². The number of carboxylic acid groups (broad SMARTS) is 1. The van der Waals surface area contributed by atoms with Crippen LogP contribution in [0.2, 0.25) is 0 Å². The number of anilines is 1. The molecule has 9 heteroatoms. The van der Waals surface area contributed by atoms with Gasteiger partial charge in [0.15, 0.2) is 6.10 Å². The molecule has 0 aliphatic rings. The Morgan fingerprint density at radius 2 is 2.03 bits per heavy atom. The van der Waals surface area contributed by atoms with E-state index in [1.54, 1.807) is 32.2 Å². The van der Waals surface area contributed by atoms with Crippen molar-refractivity contribution >= 4 is 17.9 Å². The third kappa shape index (κ3) is 8.59. The molecule has 0 saturated heterocycles. The topological polar surface area (TPSA) is 127 Å². The summed E-state index contributed by atoms with van der Waals surface area (Å²) in [6.45, 7) is 10.2. The van der Waals surface area contributed by atoms with Crippen molar-refractivity contribution in [2.24, 2.45) is 0 Å². The second-order valence-electron chi connectivity index (χ2n) is 6.32. The number of hydrogen-bond acceptors (Lipinski definition) is 8. The minimum absolute atomic E-state index is 0.190. The van der Waals surface area contributed by atoms with Crippen LogP contribution in [0.3, 0.4) is 0 Å². The van der Waals surface area contributed by atoms with Crippen molar-refractivity contribution < 1.29 is 24.1 Å². The maximum Gasteiger partial charge on any atom is 0.333 e. The molecule has 0 aliphatic heterocycles. The second kappa shape index (κ2) is 13.9. The molecule has 9 nitrogen and oxygen atoms in total. The molecule has 1 aromatic heterocycles. The van der Waals surface area contributed by atoms with E-state index in [0.717, 1.165) is 6.21 Å². The highest BCUT2D eigenvalue weighted by Gasteiger charge is 2.17. The van der Waals surface area contributed by atoms with E-state index in [2.05, 4.69) is 21.9 Å². The van der Waals surface area contributed by atoms with Gasteiger partial charge in [-0.1, -0.05) is 25.2 Å². The zero-order chi connectivity index (χ0) is 23.2. The summed E-state index contributed by atoms with van der Waals surface area (Å²) < 4.78 is 16.6. The molecule has 1 aromatic rings. The average molecular weight is 433 g/mol. The van der Waals surface area contributed by atoms with Gasteiger partial charge in [0.05, 0.1) is 0 Å². The van der Waals surface area contributed by atoms with Gasteiger partial charge in [-0.2, -0.15) is 4.98 Å². The van der Waals surface area contributed by atoms with Gasteiger partial charge in [0.1, 0.15) is 36.2 Å². The molecule has 31 heavy (non-hydrogen) atoms. The standard InChI is InChI=1S/C22H32N4O5/c1-6-16(10-9-15(4)13-18(22(27)28)29-8-3)30-11-12-31-21-20(24-5)17(14-23)25-19(7-2)26-21/h6,9-10,14,18,23-24H,4,7-8,11-13H2,1-3,5H3,(H,27,28)/b10-9-,16-6+,23-14?. The van der Waals surface area contributed by atoms with Gasteiger partial charge in [0.2, 0.25) is 5.88 Å². The summed E-state index contributed by atoms with van der Waals surface area (Å²) in [6.07, 6.45) is 6.27. The van der Waals surface area contributed by atoms with E-state index >= 15 is 0 Å². The molecule has 0 bridgehead atoms. The molecule has 170 valence electrons. The predicted octanol–water partition coefficient (Wildman–Crippen LogP) is 3.37. The Labute approximate surface area is 183 Å². The third-order valence-electron chi connectivity index (χ3n) is 4.10. The van der Waals surface area contributed by atoms with Gasteiger partial charge in [-0.05, 0) is 26.0 Å². The van der Waals surface area contributed by atoms with Crippen LogP contribution >= 0.6 is 0 Å². The third-order valence-corrected chi connectivity index (χ3v) is 4.10. The molecule has 0 fully saturated rings. The maximum atomic E-state index is 11.2. The van der Waals surface area contributed by atoms with E-state index in [1.165, 1.54) is 0 Å². The van der Waals surface area contributed by atoms with Crippen LogP contribution < -0.4 is 10.1 Å². The summed E-state index contributed by atoms with van der Waals surface area (Å²) in [4.78, 5) is 19.8. The fourth-order valence-electron chi connectivity index (χ4n) is 2.56. The summed E-state index contributed by atoms with van der Waals surface area (Å²) >= 11 is 0. The number of ether oxygens (including phenoxy) is 3. The highest BCUT2D eigenvalue weighted by Crippen LogP contribution is 2.24. The number of nitrogens with one attached hydrogen (secondary N) is 2. The first-order chi connectivity index (χ1) is 14.9. The van der Waals surface area contributed by atoms with Gasteiger partial charge in [0, 0.05) is 32.7 Å². The van der Waals surface area contributed by atoms with E-state index in [4.69, 9.17) is 24.7 Å².